The van der Waals surface area contributed by atoms with E-state index in [-0.39, 0.29) is 19.0 Å². The molecule has 0 radical (unpaired) electrons. The number of thiazole rings is 1. The van der Waals surface area contributed by atoms with Crippen LogP contribution in [-0.4, -0.2) is 30.5 Å². The number of hydrogen-bond donors (Lipinski definition) is 0. The zero-order valence-corrected chi connectivity index (χ0v) is 28.2. The summed E-state index contributed by atoms with van der Waals surface area (Å²) in [5.74, 6) is 2.12. The maximum Gasteiger partial charge on any atom is 0.338 e. The Hall–Kier alpha value is -4.10. The second-order valence-electron chi connectivity index (χ2n) is 10.5. The number of carbonyl (C=O) groups is 1. The van der Waals surface area contributed by atoms with Gasteiger partial charge in [0.15, 0.2) is 27.8 Å². The van der Waals surface area contributed by atoms with Crippen molar-refractivity contribution < 1.29 is 28.5 Å². The number of hydrogen-bond acceptors (Lipinski definition) is 9. The molecule has 45 heavy (non-hydrogen) atoms. The lowest BCUT2D eigenvalue weighted by Gasteiger charge is -2.24. The van der Waals surface area contributed by atoms with Crippen molar-refractivity contribution in [3.05, 3.63) is 111 Å². The Balaban J connectivity index is 1.38. The van der Waals surface area contributed by atoms with E-state index in [0.717, 1.165) is 31.6 Å². The standard InChI is InChI=1S/C34H31IN2O7S/c1-5-40-27-15-22(13-24(35)31(27)42-17-21-9-12-25-26(14-21)44-18-43-25)16-28-32(38)37-30(23-10-7-19(3)8-11-23)29(33(39)41-6-2)20(4)36-34(37)45-28/h7-16,30H,5-6,17-18H2,1-4H3/b28-16+/t30-/m0/s1. The minimum Gasteiger partial charge on any atom is -0.490 e. The van der Waals surface area contributed by atoms with E-state index in [2.05, 4.69) is 27.6 Å². The van der Waals surface area contributed by atoms with E-state index in [4.69, 9.17) is 23.7 Å². The van der Waals surface area contributed by atoms with Crippen molar-refractivity contribution in [1.82, 2.24) is 4.57 Å². The molecule has 1 atom stereocenters. The van der Waals surface area contributed by atoms with Gasteiger partial charge in [0.25, 0.3) is 5.56 Å². The van der Waals surface area contributed by atoms with Crippen LogP contribution in [0.3, 0.4) is 0 Å². The summed E-state index contributed by atoms with van der Waals surface area (Å²) in [6.07, 6.45) is 1.83. The Labute approximate surface area is 277 Å². The van der Waals surface area contributed by atoms with E-state index in [9.17, 15) is 9.59 Å². The zero-order valence-electron chi connectivity index (χ0n) is 25.2. The van der Waals surface area contributed by atoms with Crippen LogP contribution in [0.25, 0.3) is 6.08 Å². The third-order valence-electron chi connectivity index (χ3n) is 7.36. The number of fused-ring (bicyclic) bond motifs is 2. The van der Waals surface area contributed by atoms with Gasteiger partial charge in [0, 0.05) is 0 Å². The third kappa shape index (κ3) is 6.23. The fourth-order valence-electron chi connectivity index (χ4n) is 5.27. The van der Waals surface area contributed by atoms with Gasteiger partial charge in [0.1, 0.15) is 6.61 Å². The first kappa shape index (κ1) is 30.9. The number of benzene rings is 3. The Morgan fingerprint density at radius 1 is 1.04 bits per heavy atom. The lowest BCUT2D eigenvalue weighted by atomic mass is 9.95. The molecule has 0 fully saturated rings. The van der Waals surface area contributed by atoms with Crippen LogP contribution >= 0.6 is 33.9 Å². The van der Waals surface area contributed by atoms with Gasteiger partial charge < -0.3 is 23.7 Å². The van der Waals surface area contributed by atoms with Crippen molar-refractivity contribution in [3.63, 3.8) is 0 Å². The minimum absolute atomic E-state index is 0.212. The number of halogens is 1. The van der Waals surface area contributed by atoms with Gasteiger partial charge in [-0.25, -0.2) is 9.79 Å². The molecule has 4 aromatic rings. The summed E-state index contributed by atoms with van der Waals surface area (Å²) in [4.78, 5) is 32.4. The summed E-state index contributed by atoms with van der Waals surface area (Å²) in [6, 6.07) is 16.7. The van der Waals surface area contributed by atoms with Crippen molar-refractivity contribution in [2.75, 3.05) is 20.0 Å². The van der Waals surface area contributed by atoms with Crippen molar-refractivity contribution in [3.8, 4) is 23.0 Å². The highest BCUT2D eigenvalue weighted by molar-refractivity contribution is 14.1. The lowest BCUT2D eigenvalue weighted by Crippen LogP contribution is -2.39. The molecule has 0 aliphatic carbocycles. The van der Waals surface area contributed by atoms with Gasteiger partial charge in [-0.1, -0.05) is 47.2 Å². The van der Waals surface area contributed by atoms with Crippen LogP contribution < -0.4 is 33.8 Å². The van der Waals surface area contributed by atoms with E-state index in [0.29, 0.717) is 51.1 Å². The summed E-state index contributed by atoms with van der Waals surface area (Å²) >= 11 is 3.50. The first-order valence-corrected chi connectivity index (χ1v) is 16.4. The van der Waals surface area contributed by atoms with E-state index in [1.807, 2.05) is 74.5 Å². The monoisotopic (exact) mass is 738 g/mol. The lowest BCUT2D eigenvalue weighted by molar-refractivity contribution is -0.139. The number of carbonyl (C=O) groups excluding carboxylic acids is 1. The van der Waals surface area contributed by atoms with Gasteiger partial charge in [0.2, 0.25) is 6.79 Å². The fourth-order valence-corrected chi connectivity index (χ4v) is 7.10. The molecule has 2 aliphatic rings. The fraction of sp³-hybridized carbons (Fsp3) is 0.265. The molecule has 0 N–H and O–H groups in total. The minimum atomic E-state index is -0.658. The highest BCUT2D eigenvalue weighted by Crippen LogP contribution is 2.37. The molecule has 6 rings (SSSR count). The van der Waals surface area contributed by atoms with Crippen molar-refractivity contribution >= 4 is 46.0 Å². The Morgan fingerprint density at radius 3 is 2.58 bits per heavy atom. The largest absolute Gasteiger partial charge is 0.490 e. The van der Waals surface area contributed by atoms with Crippen molar-refractivity contribution in [1.29, 1.82) is 0 Å². The highest BCUT2D eigenvalue weighted by atomic mass is 127. The van der Waals surface area contributed by atoms with Gasteiger partial charge in [-0.05, 0) is 97.3 Å². The average Bonchev–Trinajstić information content (AvgIpc) is 3.60. The van der Waals surface area contributed by atoms with Crippen LogP contribution in [0.5, 0.6) is 23.0 Å². The quantitative estimate of drug-likeness (QED) is 0.167. The number of ether oxygens (including phenoxy) is 5. The van der Waals surface area contributed by atoms with Gasteiger partial charge in [0.05, 0.1) is 38.6 Å². The number of aryl methyl sites for hydroxylation is 1. The van der Waals surface area contributed by atoms with E-state index in [1.54, 1.807) is 18.4 Å². The van der Waals surface area contributed by atoms with E-state index < -0.39 is 12.0 Å². The Bertz CT molecular complexity index is 2000. The van der Waals surface area contributed by atoms with Crippen LogP contribution in [-0.2, 0) is 16.1 Å². The van der Waals surface area contributed by atoms with Crippen LogP contribution in [0.15, 0.2) is 75.7 Å². The molecule has 2 aliphatic heterocycles. The average molecular weight is 739 g/mol. The first-order valence-electron chi connectivity index (χ1n) is 14.5. The third-order valence-corrected chi connectivity index (χ3v) is 9.14. The normalized spacial score (nSPS) is 15.5. The summed E-state index contributed by atoms with van der Waals surface area (Å²) in [6.45, 7) is 8.63. The van der Waals surface area contributed by atoms with Crippen LogP contribution in [0.2, 0.25) is 0 Å². The van der Waals surface area contributed by atoms with Gasteiger partial charge in [-0.2, -0.15) is 0 Å². The maximum atomic E-state index is 14.0. The molecule has 1 aromatic heterocycles. The van der Waals surface area contributed by atoms with Gasteiger partial charge in [-0.15, -0.1) is 0 Å². The molecular weight excluding hydrogens is 707 g/mol. The molecule has 0 unspecified atom stereocenters. The molecule has 11 heteroatoms. The second-order valence-corrected chi connectivity index (χ2v) is 12.6. The first-order chi connectivity index (χ1) is 21.8. The molecule has 3 aromatic carbocycles. The van der Waals surface area contributed by atoms with Crippen molar-refractivity contribution in [2.24, 2.45) is 4.99 Å². The molecule has 3 heterocycles. The molecule has 0 amide bonds. The number of esters is 1. The van der Waals surface area contributed by atoms with Gasteiger partial charge in [-0.3, -0.25) is 9.36 Å². The summed E-state index contributed by atoms with van der Waals surface area (Å²) in [5, 5.41) is 0. The smallest absolute Gasteiger partial charge is 0.338 e. The van der Waals surface area contributed by atoms with Gasteiger partial charge >= 0.3 is 5.97 Å². The Kier molecular flexibility index (Phi) is 8.99. The predicted molar refractivity (Wildman–Crippen MR) is 179 cm³/mol. The SMILES string of the molecule is CCOC(=O)C1=C(C)N=c2s/c(=C/c3cc(I)c(OCc4ccc5c(c4)OCO5)c(OCC)c3)c(=O)n2[C@H]1c1ccc(C)cc1. The van der Waals surface area contributed by atoms with Crippen LogP contribution in [0, 0.1) is 10.5 Å². The number of allylic oxidation sites excluding steroid dienone is 1. The molecule has 9 nitrogen and oxygen atoms in total. The number of aromatic nitrogens is 1. The zero-order chi connectivity index (χ0) is 31.7. The highest BCUT2D eigenvalue weighted by Gasteiger charge is 2.33. The van der Waals surface area contributed by atoms with Crippen LogP contribution in [0.4, 0.5) is 0 Å². The summed E-state index contributed by atoms with van der Waals surface area (Å²) < 4.78 is 31.4. The second kappa shape index (κ2) is 13.1. The molecule has 0 saturated heterocycles. The number of nitrogens with zero attached hydrogens (tertiary/aromatic N) is 2. The van der Waals surface area contributed by atoms with Crippen molar-refractivity contribution in [2.45, 2.75) is 40.3 Å². The molecule has 232 valence electrons. The molecule has 0 spiro atoms. The molecular formula is C34H31IN2O7S. The molecule has 0 bridgehead atoms. The number of rotatable bonds is 9. The van der Waals surface area contributed by atoms with Crippen LogP contribution in [0.1, 0.15) is 49.1 Å². The maximum absolute atomic E-state index is 14.0. The Morgan fingerprint density at radius 2 is 1.82 bits per heavy atom. The molecule has 0 saturated carbocycles. The van der Waals surface area contributed by atoms with E-state index >= 15 is 0 Å². The summed E-state index contributed by atoms with van der Waals surface area (Å²) in [7, 11) is 0. The summed E-state index contributed by atoms with van der Waals surface area (Å²) in [5.41, 5.74) is 4.24. The topological polar surface area (TPSA) is 97.6 Å². The predicted octanol–water partition coefficient (Wildman–Crippen LogP) is 5.42. The van der Waals surface area contributed by atoms with E-state index in [1.165, 1.54) is 11.3 Å².